The first-order valence-electron chi connectivity index (χ1n) is 22.1. The molecule has 3 heterocycles. The lowest BCUT2D eigenvalue weighted by Gasteiger charge is -2.21. The van der Waals surface area contributed by atoms with E-state index in [2.05, 4.69) is 172 Å². The van der Waals surface area contributed by atoms with E-state index < -0.39 is 0 Å². The summed E-state index contributed by atoms with van der Waals surface area (Å²) < 4.78 is 12.9. The molecular weight excluding hydrogens is 795 g/mol. The van der Waals surface area contributed by atoms with Crippen molar-refractivity contribution >= 4 is 43.9 Å². The van der Waals surface area contributed by atoms with E-state index in [9.17, 15) is 0 Å². The van der Waals surface area contributed by atoms with Crippen LogP contribution in [0.25, 0.3) is 123 Å². The fraction of sp³-hybridized carbons (Fsp3) is 0.0500. The Labute approximate surface area is 375 Å². The third-order valence-corrected chi connectivity index (χ3v) is 13.4. The molecule has 0 radical (unpaired) electrons. The van der Waals surface area contributed by atoms with Crippen LogP contribution in [0, 0.1) is 0 Å². The van der Waals surface area contributed by atoms with Crippen LogP contribution in [0.3, 0.4) is 0 Å². The van der Waals surface area contributed by atoms with Crippen molar-refractivity contribution < 1.29 is 8.83 Å². The minimum absolute atomic E-state index is 0.0498. The summed E-state index contributed by atoms with van der Waals surface area (Å²) in [5.41, 5.74) is 18.1. The van der Waals surface area contributed by atoms with Crippen LogP contribution in [0.4, 0.5) is 0 Å². The number of fused-ring (bicyclic) bond motifs is 9. The molecule has 0 saturated heterocycles. The van der Waals surface area contributed by atoms with Crippen molar-refractivity contribution in [2.45, 2.75) is 19.3 Å². The van der Waals surface area contributed by atoms with Crippen molar-refractivity contribution in [2.24, 2.45) is 0 Å². The number of hydrogen-bond donors (Lipinski definition) is 0. The van der Waals surface area contributed by atoms with E-state index in [4.69, 9.17) is 23.8 Å². The van der Waals surface area contributed by atoms with Gasteiger partial charge in [-0.2, -0.15) is 0 Å². The standard InChI is InChI=1S/C60H39N3O2/c1-60(2)49-18-8-6-15-46(49)55-43(16-10-19-50(55)60)39-26-22-38(23-27-39)41-31-33-52-48(34-41)56-47(17-11-21-53(56)64-52)59-62-57(40-28-24-37(25-29-40)36-12-4-3-5-13-36)61-58(63-59)42-30-32-45-44-14-7-9-20-51(44)65-54(45)35-42/h3-35H,1-2H3. The SMILES string of the molecule is CC1(C)c2ccccc2-c2c(-c3ccc(-c4ccc5oc6cccc(-c7nc(-c8ccc(-c9ccccc9)cc8)nc(-c8ccc9c(c8)oc8ccccc89)n7)c6c5c4)cc3)cccc21. The predicted molar refractivity (Wildman–Crippen MR) is 265 cm³/mol. The molecule has 3 aromatic heterocycles. The fourth-order valence-electron chi connectivity index (χ4n) is 10.1. The largest absolute Gasteiger partial charge is 0.456 e. The maximum atomic E-state index is 6.55. The lowest BCUT2D eigenvalue weighted by molar-refractivity contribution is 0.660. The summed E-state index contributed by atoms with van der Waals surface area (Å²) in [6.07, 6.45) is 0. The van der Waals surface area contributed by atoms with Gasteiger partial charge in [0.15, 0.2) is 17.5 Å². The average Bonchev–Trinajstić information content (AvgIpc) is 4.01. The van der Waals surface area contributed by atoms with Gasteiger partial charge in [0.1, 0.15) is 22.3 Å². The summed E-state index contributed by atoms with van der Waals surface area (Å²) in [5.74, 6) is 1.70. The molecule has 1 aliphatic rings. The van der Waals surface area contributed by atoms with Crippen LogP contribution < -0.4 is 0 Å². The quantitative estimate of drug-likeness (QED) is 0.167. The summed E-state index contributed by atoms with van der Waals surface area (Å²) in [6, 6.07) is 70.3. The molecule has 0 bridgehead atoms. The molecular formula is C60H39N3O2. The second-order valence-corrected chi connectivity index (χ2v) is 17.5. The highest BCUT2D eigenvalue weighted by atomic mass is 16.3. The number of furan rings is 2. The number of nitrogens with zero attached hydrogens (tertiary/aromatic N) is 3. The van der Waals surface area contributed by atoms with Crippen molar-refractivity contribution in [3.8, 4) is 78.7 Å². The average molecular weight is 834 g/mol. The molecule has 0 amide bonds. The highest BCUT2D eigenvalue weighted by Gasteiger charge is 2.36. The Kier molecular flexibility index (Phi) is 8.18. The second-order valence-electron chi connectivity index (χ2n) is 17.5. The lowest BCUT2D eigenvalue weighted by atomic mass is 9.82. The van der Waals surface area contributed by atoms with Crippen molar-refractivity contribution in [3.63, 3.8) is 0 Å². The van der Waals surface area contributed by atoms with Gasteiger partial charge >= 0.3 is 0 Å². The van der Waals surface area contributed by atoms with Gasteiger partial charge in [0, 0.05) is 43.7 Å². The number of para-hydroxylation sites is 1. The Balaban J connectivity index is 0.928. The van der Waals surface area contributed by atoms with Gasteiger partial charge in [-0.1, -0.05) is 178 Å². The molecule has 0 saturated carbocycles. The van der Waals surface area contributed by atoms with Crippen LogP contribution in [0.1, 0.15) is 25.0 Å². The van der Waals surface area contributed by atoms with E-state index in [1.807, 2.05) is 42.5 Å². The predicted octanol–water partition coefficient (Wildman–Crippen LogP) is 16.0. The molecule has 0 spiro atoms. The molecule has 5 heteroatoms. The van der Waals surface area contributed by atoms with Crippen LogP contribution in [0.15, 0.2) is 209 Å². The molecule has 0 fully saturated rings. The van der Waals surface area contributed by atoms with Crippen LogP contribution in [-0.4, -0.2) is 15.0 Å². The van der Waals surface area contributed by atoms with Crippen molar-refractivity contribution in [1.29, 1.82) is 0 Å². The molecule has 5 nitrogen and oxygen atoms in total. The first-order chi connectivity index (χ1) is 31.9. The van der Waals surface area contributed by atoms with E-state index in [0.29, 0.717) is 17.5 Å². The Hall–Kier alpha value is -8.41. The van der Waals surface area contributed by atoms with E-state index in [0.717, 1.165) is 82.8 Å². The van der Waals surface area contributed by atoms with Gasteiger partial charge in [-0.15, -0.1) is 0 Å². The summed E-state index contributed by atoms with van der Waals surface area (Å²) in [7, 11) is 0. The van der Waals surface area contributed by atoms with Gasteiger partial charge in [-0.25, -0.2) is 15.0 Å². The molecule has 12 aromatic rings. The van der Waals surface area contributed by atoms with Crippen molar-refractivity contribution in [3.05, 3.63) is 211 Å². The van der Waals surface area contributed by atoms with Gasteiger partial charge in [-0.3, -0.25) is 0 Å². The minimum Gasteiger partial charge on any atom is -0.456 e. The van der Waals surface area contributed by atoms with Gasteiger partial charge in [0.2, 0.25) is 0 Å². The Morgan fingerprint density at radius 3 is 1.71 bits per heavy atom. The summed E-state index contributed by atoms with van der Waals surface area (Å²) in [4.78, 5) is 15.6. The van der Waals surface area contributed by atoms with Crippen molar-refractivity contribution in [1.82, 2.24) is 15.0 Å². The minimum atomic E-state index is -0.0498. The Bertz CT molecular complexity index is 3840. The number of benzene rings is 9. The first-order valence-corrected chi connectivity index (χ1v) is 22.1. The summed E-state index contributed by atoms with van der Waals surface area (Å²) >= 11 is 0. The third kappa shape index (κ3) is 5.97. The van der Waals surface area contributed by atoms with Gasteiger partial charge in [0.05, 0.1) is 0 Å². The van der Waals surface area contributed by atoms with Crippen LogP contribution >= 0.6 is 0 Å². The van der Waals surface area contributed by atoms with E-state index in [1.165, 1.54) is 33.4 Å². The van der Waals surface area contributed by atoms with Crippen LogP contribution in [0.2, 0.25) is 0 Å². The molecule has 9 aromatic carbocycles. The van der Waals surface area contributed by atoms with E-state index >= 15 is 0 Å². The smallest absolute Gasteiger partial charge is 0.164 e. The van der Waals surface area contributed by atoms with Gasteiger partial charge in [0.25, 0.3) is 0 Å². The zero-order chi connectivity index (χ0) is 43.2. The van der Waals surface area contributed by atoms with Gasteiger partial charge in [-0.05, 0) is 92.0 Å². The third-order valence-electron chi connectivity index (χ3n) is 13.4. The normalized spacial score (nSPS) is 12.9. The van der Waals surface area contributed by atoms with Gasteiger partial charge < -0.3 is 8.83 Å². The number of rotatable bonds is 6. The Morgan fingerprint density at radius 1 is 0.323 bits per heavy atom. The van der Waals surface area contributed by atoms with E-state index in [1.54, 1.807) is 0 Å². The number of hydrogen-bond acceptors (Lipinski definition) is 5. The maximum Gasteiger partial charge on any atom is 0.164 e. The molecule has 0 atom stereocenters. The summed E-state index contributed by atoms with van der Waals surface area (Å²) in [5, 5.41) is 4.08. The maximum absolute atomic E-state index is 6.55. The zero-order valence-corrected chi connectivity index (χ0v) is 35.7. The first kappa shape index (κ1) is 37.2. The Morgan fingerprint density at radius 2 is 0.862 bits per heavy atom. The zero-order valence-electron chi connectivity index (χ0n) is 35.7. The molecule has 306 valence electrons. The molecule has 0 unspecified atom stereocenters. The lowest BCUT2D eigenvalue weighted by Crippen LogP contribution is -2.14. The molecule has 0 aliphatic heterocycles. The highest BCUT2D eigenvalue weighted by Crippen LogP contribution is 2.52. The molecule has 65 heavy (non-hydrogen) atoms. The topological polar surface area (TPSA) is 65.0 Å². The second kappa shape index (κ2) is 14.3. The highest BCUT2D eigenvalue weighted by molar-refractivity contribution is 6.13. The van der Waals surface area contributed by atoms with E-state index in [-0.39, 0.29) is 5.41 Å². The molecule has 13 rings (SSSR count). The van der Waals surface area contributed by atoms with Crippen LogP contribution in [0.5, 0.6) is 0 Å². The van der Waals surface area contributed by atoms with Crippen molar-refractivity contribution in [2.75, 3.05) is 0 Å². The fourth-order valence-corrected chi connectivity index (χ4v) is 10.1. The molecule has 1 aliphatic carbocycles. The molecule has 0 N–H and O–H groups in total. The van der Waals surface area contributed by atoms with Crippen LogP contribution in [-0.2, 0) is 5.41 Å². The summed E-state index contributed by atoms with van der Waals surface area (Å²) in [6.45, 7) is 4.66. The number of aromatic nitrogens is 3. The monoisotopic (exact) mass is 833 g/mol.